The first kappa shape index (κ1) is 26.2. The smallest absolute Gasteiger partial charge is 0.273 e. The van der Waals surface area contributed by atoms with Gasteiger partial charge in [-0.2, -0.15) is 0 Å². The SMILES string of the molecule is COCCNC(=O)c1coc(CN(CCc2c[nH]c3ccccc23)Cc2cccc(Oc3ccccc3)c2)n1. The van der Waals surface area contributed by atoms with E-state index in [0.717, 1.165) is 35.5 Å². The van der Waals surface area contributed by atoms with E-state index in [1.165, 1.54) is 17.2 Å². The van der Waals surface area contributed by atoms with Gasteiger partial charge in [0, 0.05) is 43.8 Å². The number of amides is 1. The lowest BCUT2D eigenvalue weighted by Crippen LogP contribution is -2.27. The second-order valence-corrected chi connectivity index (χ2v) is 9.26. The highest BCUT2D eigenvalue weighted by atomic mass is 16.5. The quantitative estimate of drug-likeness (QED) is 0.196. The van der Waals surface area contributed by atoms with Gasteiger partial charge in [0.2, 0.25) is 5.89 Å². The Labute approximate surface area is 227 Å². The number of para-hydroxylation sites is 2. The standard InChI is InChI=1S/C31H32N4O4/c1-37-17-15-32-31(36)29-22-38-30(34-29)21-35(16-14-24-19-33-28-13-6-5-12-27(24)28)20-23-8-7-11-26(18-23)39-25-9-3-2-4-10-25/h2-13,18-19,22,33H,14-17,20-21H2,1H3,(H,32,36). The highest BCUT2D eigenvalue weighted by molar-refractivity contribution is 5.91. The topological polar surface area (TPSA) is 92.6 Å². The molecule has 39 heavy (non-hydrogen) atoms. The number of H-pyrrole nitrogens is 1. The Hall–Kier alpha value is -4.40. The van der Waals surface area contributed by atoms with Crippen LogP contribution in [0.25, 0.3) is 10.9 Å². The molecule has 2 aromatic heterocycles. The molecule has 0 aliphatic rings. The van der Waals surface area contributed by atoms with E-state index >= 15 is 0 Å². The van der Waals surface area contributed by atoms with E-state index in [9.17, 15) is 4.79 Å². The number of hydrogen-bond donors (Lipinski definition) is 2. The summed E-state index contributed by atoms with van der Waals surface area (Å²) >= 11 is 0. The number of methoxy groups -OCH3 is 1. The molecule has 200 valence electrons. The molecule has 3 aromatic carbocycles. The van der Waals surface area contributed by atoms with Crippen LogP contribution in [0.3, 0.4) is 0 Å². The molecular formula is C31H32N4O4. The third kappa shape index (κ3) is 7.13. The molecule has 8 heteroatoms. The predicted octanol–water partition coefficient (Wildman–Crippen LogP) is 5.57. The van der Waals surface area contributed by atoms with Gasteiger partial charge in [-0.1, -0.05) is 48.5 Å². The first-order chi connectivity index (χ1) is 19.2. The lowest BCUT2D eigenvalue weighted by molar-refractivity contribution is 0.0932. The van der Waals surface area contributed by atoms with Crippen LogP contribution in [0.5, 0.6) is 11.5 Å². The number of nitrogens with one attached hydrogen (secondary N) is 2. The van der Waals surface area contributed by atoms with E-state index in [1.807, 2.05) is 48.5 Å². The van der Waals surface area contributed by atoms with E-state index in [2.05, 4.69) is 56.7 Å². The van der Waals surface area contributed by atoms with Crippen LogP contribution in [0, 0.1) is 0 Å². The second kappa shape index (κ2) is 12.9. The van der Waals surface area contributed by atoms with Crippen LogP contribution in [-0.4, -0.2) is 47.6 Å². The van der Waals surface area contributed by atoms with Crippen molar-refractivity contribution in [3.63, 3.8) is 0 Å². The second-order valence-electron chi connectivity index (χ2n) is 9.26. The predicted molar refractivity (Wildman–Crippen MR) is 150 cm³/mol. The molecule has 0 aliphatic carbocycles. The minimum absolute atomic E-state index is 0.260. The molecule has 8 nitrogen and oxygen atoms in total. The van der Waals surface area contributed by atoms with Crippen molar-refractivity contribution >= 4 is 16.8 Å². The van der Waals surface area contributed by atoms with Crippen molar-refractivity contribution in [2.45, 2.75) is 19.5 Å². The molecule has 0 radical (unpaired) electrons. The Kier molecular flexibility index (Phi) is 8.68. The van der Waals surface area contributed by atoms with Gasteiger partial charge < -0.3 is 24.2 Å². The number of carbonyl (C=O) groups excluding carboxylic acids is 1. The Balaban J connectivity index is 1.31. The van der Waals surface area contributed by atoms with Crippen LogP contribution >= 0.6 is 0 Å². The molecule has 5 rings (SSSR count). The van der Waals surface area contributed by atoms with Crippen molar-refractivity contribution in [3.05, 3.63) is 114 Å². The van der Waals surface area contributed by atoms with Gasteiger partial charge in [0.1, 0.15) is 17.8 Å². The highest BCUT2D eigenvalue weighted by Crippen LogP contribution is 2.24. The number of ether oxygens (including phenoxy) is 2. The molecule has 0 aliphatic heterocycles. The Morgan fingerprint density at radius 1 is 1.00 bits per heavy atom. The van der Waals surface area contributed by atoms with Crippen molar-refractivity contribution in [2.75, 3.05) is 26.8 Å². The van der Waals surface area contributed by atoms with Crippen LogP contribution in [0.4, 0.5) is 0 Å². The molecule has 2 N–H and O–H groups in total. The van der Waals surface area contributed by atoms with Crippen molar-refractivity contribution in [2.24, 2.45) is 0 Å². The summed E-state index contributed by atoms with van der Waals surface area (Å²) in [6.07, 6.45) is 4.32. The summed E-state index contributed by atoms with van der Waals surface area (Å²) in [6.45, 7) is 2.73. The molecule has 2 heterocycles. The Bertz CT molecular complexity index is 1490. The molecule has 0 bridgehead atoms. The van der Waals surface area contributed by atoms with E-state index in [1.54, 1.807) is 7.11 Å². The summed E-state index contributed by atoms with van der Waals surface area (Å²) in [4.78, 5) is 22.5. The number of benzene rings is 3. The fraction of sp³-hybridized carbons (Fsp3) is 0.226. The van der Waals surface area contributed by atoms with Crippen LogP contribution < -0.4 is 10.1 Å². The van der Waals surface area contributed by atoms with Gasteiger partial charge in [0.05, 0.1) is 13.2 Å². The Morgan fingerprint density at radius 2 is 1.82 bits per heavy atom. The minimum Gasteiger partial charge on any atom is -0.457 e. The number of oxazole rings is 1. The third-order valence-corrected chi connectivity index (χ3v) is 6.39. The molecule has 0 spiro atoms. The number of carbonyl (C=O) groups is 1. The summed E-state index contributed by atoms with van der Waals surface area (Å²) in [5.74, 6) is 1.78. The highest BCUT2D eigenvalue weighted by Gasteiger charge is 2.16. The van der Waals surface area contributed by atoms with Gasteiger partial charge in [-0.15, -0.1) is 0 Å². The molecule has 5 aromatic rings. The van der Waals surface area contributed by atoms with Gasteiger partial charge in [-0.05, 0) is 47.9 Å². The molecule has 0 saturated heterocycles. The van der Waals surface area contributed by atoms with E-state index in [-0.39, 0.29) is 11.6 Å². The van der Waals surface area contributed by atoms with Crippen LogP contribution in [0.2, 0.25) is 0 Å². The van der Waals surface area contributed by atoms with Crippen molar-refractivity contribution in [1.29, 1.82) is 0 Å². The van der Waals surface area contributed by atoms with Crippen LogP contribution in [-0.2, 0) is 24.2 Å². The van der Waals surface area contributed by atoms with Gasteiger partial charge >= 0.3 is 0 Å². The normalized spacial score (nSPS) is 11.2. The number of fused-ring (bicyclic) bond motifs is 1. The lowest BCUT2D eigenvalue weighted by atomic mass is 10.1. The molecule has 1 amide bonds. The fourth-order valence-corrected chi connectivity index (χ4v) is 4.46. The van der Waals surface area contributed by atoms with Crippen molar-refractivity contribution < 1.29 is 18.7 Å². The van der Waals surface area contributed by atoms with Crippen LogP contribution in [0.1, 0.15) is 27.5 Å². The van der Waals surface area contributed by atoms with E-state index in [4.69, 9.17) is 13.9 Å². The zero-order valence-electron chi connectivity index (χ0n) is 21.9. The van der Waals surface area contributed by atoms with E-state index in [0.29, 0.717) is 32.1 Å². The van der Waals surface area contributed by atoms with Crippen LogP contribution in [0.15, 0.2) is 95.7 Å². The summed E-state index contributed by atoms with van der Waals surface area (Å²) in [5, 5.41) is 4.00. The van der Waals surface area contributed by atoms with E-state index < -0.39 is 0 Å². The van der Waals surface area contributed by atoms with Crippen molar-refractivity contribution in [3.8, 4) is 11.5 Å². The zero-order chi connectivity index (χ0) is 26.9. The maximum atomic E-state index is 12.4. The average molecular weight is 525 g/mol. The zero-order valence-corrected chi connectivity index (χ0v) is 21.9. The summed E-state index contributed by atoms with van der Waals surface area (Å²) < 4.78 is 16.7. The maximum absolute atomic E-state index is 12.4. The monoisotopic (exact) mass is 524 g/mol. The van der Waals surface area contributed by atoms with Gasteiger partial charge in [0.25, 0.3) is 5.91 Å². The number of hydrogen-bond acceptors (Lipinski definition) is 6. The van der Waals surface area contributed by atoms with Gasteiger partial charge in [0.15, 0.2) is 5.69 Å². The number of rotatable bonds is 13. The molecular weight excluding hydrogens is 492 g/mol. The number of aromatic amines is 1. The largest absolute Gasteiger partial charge is 0.457 e. The number of aromatic nitrogens is 2. The molecule has 0 fully saturated rings. The molecule has 0 unspecified atom stereocenters. The minimum atomic E-state index is -0.279. The third-order valence-electron chi connectivity index (χ3n) is 6.39. The molecule has 0 saturated carbocycles. The van der Waals surface area contributed by atoms with Gasteiger partial charge in [-0.3, -0.25) is 9.69 Å². The summed E-state index contributed by atoms with van der Waals surface area (Å²) in [6, 6.07) is 26.1. The Morgan fingerprint density at radius 3 is 2.69 bits per heavy atom. The fourth-order valence-electron chi connectivity index (χ4n) is 4.46. The first-order valence-electron chi connectivity index (χ1n) is 13.0. The average Bonchev–Trinajstić information content (AvgIpc) is 3.60. The number of nitrogens with zero attached hydrogens (tertiary/aromatic N) is 2. The van der Waals surface area contributed by atoms with Crippen molar-refractivity contribution in [1.82, 2.24) is 20.2 Å². The first-order valence-corrected chi connectivity index (χ1v) is 13.0. The maximum Gasteiger partial charge on any atom is 0.273 e. The molecule has 0 atom stereocenters. The lowest BCUT2D eigenvalue weighted by Gasteiger charge is -2.21. The summed E-state index contributed by atoms with van der Waals surface area (Å²) in [5.41, 5.74) is 3.74. The van der Waals surface area contributed by atoms with Gasteiger partial charge in [-0.25, -0.2) is 4.98 Å². The summed E-state index contributed by atoms with van der Waals surface area (Å²) in [7, 11) is 1.59.